The van der Waals surface area contributed by atoms with Crippen LogP contribution in [0.3, 0.4) is 0 Å². The Labute approximate surface area is 157 Å². The Balaban J connectivity index is 1.52. The van der Waals surface area contributed by atoms with E-state index in [1.807, 2.05) is 20.8 Å². The van der Waals surface area contributed by atoms with E-state index in [2.05, 4.69) is 20.5 Å². The van der Waals surface area contributed by atoms with Gasteiger partial charge in [0.2, 0.25) is 0 Å². The number of piperidine rings is 1. The molecule has 0 aromatic carbocycles. The van der Waals surface area contributed by atoms with Crippen molar-refractivity contribution in [1.29, 1.82) is 0 Å². The van der Waals surface area contributed by atoms with E-state index in [1.165, 1.54) is 0 Å². The van der Waals surface area contributed by atoms with E-state index >= 15 is 0 Å². The summed E-state index contributed by atoms with van der Waals surface area (Å²) in [5, 5.41) is 10.3. The van der Waals surface area contributed by atoms with Crippen molar-refractivity contribution in [3.8, 4) is 5.82 Å². The molecule has 2 amide bonds. The van der Waals surface area contributed by atoms with Gasteiger partial charge in [0.1, 0.15) is 24.1 Å². The summed E-state index contributed by atoms with van der Waals surface area (Å²) in [6, 6.07) is 3.52. The SMILES string of the molecule is CC(C)(C)OC(=O)NC1CCN(C(=O)c2ccc(-n3cnnc3)nc2)CC1. The predicted molar refractivity (Wildman–Crippen MR) is 97.4 cm³/mol. The maximum absolute atomic E-state index is 12.7. The third kappa shape index (κ3) is 5.02. The number of nitrogens with zero attached hydrogens (tertiary/aromatic N) is 5. The van der Waals surface area contributed by atoms with Gasteiger partial charge in [-0.05, 0) is 45.7 Å². The fourth-order valence-corrected chi connectivity index (χ4v) is 2.87. The summed E-state index contributed by atoms with van der Waals surface area (Å²) in [6.07, 6.45) is 5.62. The first-order valence-electron chi connectivity index (χ1n) is 8.92. The highest BCUT2D eigenvalue weighted by atomic mass is 16.6. The van der Waals surface area contributed by atoms with Crippen LogP contribution in [0.15, 0.2) is 31.0 Å². The smallest absolute Gasteiger partial charge is 0.407 e. The Morgan fingerprint density at radius 3 is 2.37 bits per heavy atom. The van der Waals surface area contributed by atoms with Gasteiger partial charge in [0.05, 0.1) is 5.56 Å². The third-order valence-corrected chi connectivity index (χ3v) is 4.18. The fraction of sp³-hybridized carbons (Fsp3) is 0.500. The van der Waals surface area contributed by atoms with Crippen molar-refractivity contribution in [1.82, 2.24) is 30.0 Å². The lowest BCUT2D eigenvalue weighted by Gasteiger charge is -2.32. The van der Waals surface area contributed by atoms with E-state index < -0.39 is 11.7 Å². The van der Waals surface area contributed by atoms with E-state index in [0.717, 1.165) is 0 Å². The average Bonchev–Trinajstić information content (AvgIpc) is 3.15. The van der Waals surface area contributed by atoms with Crippen LogP contribution < -0.4 is 5.32 Å². The first-order valence-corrected chi connectivity index (χ1v) is 8.92. The first-order chi connectivity index (χ1) is 12.8. The standard InChI is InChI=1S/C18H24N6O3/c1-18(2,3)27-17(26)22-14-6-8-23(9-7-14)16(25)13-4-5-15(19-10-13)24-11-20-21-12-24/h4-5,10-12,14H,6-9H2,1-3H3,(H,22,26). The number of pyridine rings is 1. The molecule has 1 aliphatic heterocycles. The van der Waals surface area contributed by atoms with Gasteiger partial charge in [-0.2, -0.15) is 0 Å². The van der Waals surface area contributed by atoms with Crippen LogP contribution in [0, 0.1) is 0 Å². The Kier molecular flexibility index (Phi) is 5.38. The second-order valence-electron chi connectivity index (χ2n) is 7.49. The highest BCUT2D eigenvalue weighted by molar-refractivity contribution is 5.94. The van der Waals surface area contributed by atoms with E-state index in [4.69, 9.17) is 4.74 Å². The number of hydrogen-bond donors (Lipinski definition) is 1. The van der Waals surface area contributed by atoms with Crippen LogP contribution in [0.5, 0.6) is 0 Å². The number of amides is 2. The fourth-order valence-electron chi connectivity index (χ4n) is 2.87. The van der Waals surface area contributed by atoms with Gasteiger partial charge in [-0.3, -0.25) is 9.36 Å². The molecule has 0 radical (unpaired) electrons. The number of likely N-dealkylation sites (tertiary alicyclic amines) is 1. The molecule has 1 saturated heterocycles. The molecule has 1 aliphatic rings. The Morgan fingerprint density at radius 2 is 1.81 bits per heavy atom. The van der Waals surface area contributed by atoms with Crippen molar-refractivity contribution < 1.29 is 14.3 Å². The van der Waals surface area contributed by atoms with Crippen molar-refractivity contribution in [2.75, 3.05) is 13.1 Å². The molecule has 1 fully saturated rings. The summed E-state index contributed by atoms with van der Waals surface area (Å²) >= 11 is 0. The van der Waals surface area contributed by atoms with Gasteiger partial charge in [-0.25, -0.2) is 9.78 Å². The summed E-state index contributed by atoms with van der Waals surface area (Å²) in [5.41, 5.74) is 0.0116. The van der Waals surface area contributed by atoms with Crippen molar-refractivity contribution >= 4 is 12.0 Å². The molecule has 9 nitrogen and oxygen atoms in total. The number of ether oxygens (including phenoxy) is 1. The molecule has 0 saturated carbocycles. The summed E-state index contributed by atoms with van der Waals surface area (Å²) < 4.78 is 6.94. The maximum Gasteiger partial charge on any atom is 0.407 e. The minimum absolute atomic E-state index is 0.0122. The summed E-state index contributed by atoms with van der Waals surface area (Å²) in [5.74, 6) is 0.588. The number of carbonyl (C=O) groups excluding carboxylic acids is 2. The van der Waals surface area contributed by atoms with E-state index in [0.29, 0.717) is 37.3 Å². The molecule has 0 bridgehead atoms. The predicted octanol–water partition coefficient (Wildman–Crippen LogP) is 1.79. The molecule has 2 aromatic heterocycles. The first kappa shape index (κ1) is 18.8. The van der Waals surface area contributed by atoms with Crippen LogP contribution in [0.4, 0.5) is 4.79 Å². The Bertz CT molecular complexity index is 774. The molecule has 3 rings (SSSR count). The highest BCUT2D eigenvalue weighted by Gasteiger charge is 2.26. The Hall–Kier alpha value is -2.97. The average molecular weight is 372 g/mol. The molecule has 27 heavy (non-hydrogen) atoms. The van der Waals surface area contributed by atoms with Gasteiger partial charge < -0.3 is 15.0 Å². The van der Waals surface area contributed by atoms with Gasteiger partial charge in [0, 0.05) is 25.3 Å². The molecule has 3 heterocycles. The number of aromatic nitrogens is 4. The molecule has 2 aromatic rings. The van der Waals surface area contributed by atoms with Crippen molar-refractivity contribution in [2.45, 2.75) is 45.3 Å². The number of carbonyl (C=O) groups is 2. The van der Waals surface area contributed by atoms with Crippen LogP contribution in [0.25, 0.3) is 5.82 Å². The normalized spacial score (nSPS) is 15.4. The van der Waals surface area contributed by atoms with Gasteiger partial charge in [-0.1, -0.05) is 0 Å². The van der Waals surface area contributed by atoms with Gasteiger partial charge in [0.25, 0.3) is 5.91 Å². The monoisotopic (exact) mass is 372 g/mol. The third-order valence-electron chi connectivity index (χ3n) is 4.18. The van der Waals surface area contributed by atoms with Gasteiger partial charge >= 0.3 is 6.09 Å². The molecule has 0 aliphatic carbocycles. The van der Waals surface area contributed by atoms with Crippen LogP contribution in [0.2, 0.25) is 0 Å². The van der Waals surface area contributed by atoms with Crippen LogP contribution in [-0.4, -0.2) is 61.4 Å². The largest absolute Gasteiger partial charge is 0.444 e. The summed E-state index contributed by atoms with van der Waals surface area (Å²) in [6.45, 7) is 6.64. The van der Waals surface area contributed by atoms with Crippen molar-refractivity contribution in [2.24, 2.45) is 0 Å². The summed E-state index contributed by atoms with van der Waals surface area (Å²) in [4.78, 5) is 30.6. The molecule has 1 N–H and O–H groups in total. The molecule has 0 spiro atoms. The minimum Gasteiger partial charge on any atom is -0.444 e. The molecular weight excluding hydrogens is 348 g/mol. The van der Waals surface area contributed by atoms with Gasteiger partial charge in [-0.15, -0.1) is 10.2 Å². The quantitative estimate of drug-likeness (QED) is 0.881. The zero-order valence-electron chi connectivity index (χ0n) is 15.8. The topological polar surface area (TPSA) is 102 Å². The molecular formula is C18H24N6O3. The number of rotatable bonds is 3. The molecule has 0 atom stereocenters. The van der Waals surface area contributed by atoms with Gasteiger partial charge in [0.15, 0.2) is 0 Å². The van der Waals surface area contributed by atoms with Crippen LogP contribution in [0.1, 0.15) is 44.0 Å². The van der Waals surface area contributed by atoms with Crippen LogP contribution >= 0.6 is 0 Å². The van der Waals surface area contributed by atoms with E-state index in [-0.39, 0.29) is 11.9 Å². The lowest BCUT2D eigenvalue weighted by atomic mass is 10.0. The molecule has 9 heteroatoms. The summed E-state index contributed by atoms with van der Waals surface area (Å²) in [7, 11) is 0. The second-order valence-corrected chi connectivity index (χ2v) is 7.49. The number of nitrogens with one attached hydrogen (secondary N) is 1. The van der Waals surface area contributed by atoms with Crippen molar-refractivity contribution in [3.63, 3.8) is 0 Å². The van der Waals surface area contributed by atoms with E-state index in [1.54, 1.807) is 40.5 Å². The molecule has 0 unspecified atom stereocenters. The maximum atomic E-state index is 12.7. The van der Waals surface area contributed by atoms with Crippen molar-refractivity contribution in [3.05, 3.63) is 36.5 Å². The number of alkyl carbamates (subject to hydrolysis) is 1. The van der Waals surface area contributed by atoms with E-state index in [9.17, 15) is 9.59 Å². The van der Waals surface area contributed by atoms with Crippen LogP contribution in [-0.2, 0) is 4.74 Å². The second kappa shape index (κ2) is 7.73. The minimum atomic E-state index is -0.521. The zero-order chi connectivity index (χ0) is 19.4. The Morgan fingerprint density at radius 1 is 1.15 bits per heavy atom. The lowest BCUT2D eigenvalue weighted by molar-refractivity contribution is 0.0473. The highest BCUT2D eigenvalue weighted by Crippen LogP contribution is 2.15. The number of hydrogen-bond acceptors (Lipinski definition) is 6. The zero-order valence-corrected chi connectivity index (χ0v) is 15.8. The molecule has 144 valence electrons. The lowest BCUT2D eigenvalue weighted by Crippen LogP contribution is -2.47.